The van der Waals surface area contributed by atoms with Crippen molar-refractivity contribution in [3.63, 3.8) is 0 Å². The summed E-state index contributed by atoms with van der Waals surface area (Å²) in [6.07, 6.45) is -1.88. The highest BCUT2D eigenvalue weighted by molar-refractivity contribution is 8.15. The van der Waals surface area contributed by atoms with Crippen molar-refractivity contribution < 1.29 is 18.3 Å². The summed E-state index contributed by atoms with van der Waals surface area (Å²) in [4.78, 5) is 11.5. The van der Waals surface area contributed by atoms with E-state index in [1.54, 1.807) is 12.1 Å². The molecule has 1 aromatic rings. The average Bonchev–Trinajstić information content (AvgIpc) is 2.25. The number of carbonyl (C=O) groups excluding carboxylic acids is 1. The van der Waals surface area contributed by atoms with Crippen LogP contribution in [-0.4, -0.2) is 14.5 Å². The Labute approximate surface area is 142 Å². The van der Waals surface area contributed by atoms with Crippen LogP contribution in [0, 0.1) is 6.92 Å². The lowest BCUT2D eigenvalue weighted by Crippen LogP contribution is -2.45. The van der Waals surface area contributed by atoms with Gasteiger partial charge in [0.25, 0.3) is 0 Å². The van der Waals surface area contributed by atoms with Crippen LogP contribution >= 0.6 is 10.7 Å². The minimum absolute atomic E-state index is 0.0607. The smallest absolute Gasteiger partial charge is 0.327 e. The molecule has 1 aromatic carbocycles. The Hall–Kier alpha value is -1.27. The summed E-state index contributed by atoms with van der Waals surface area (Å²) in [5.41, 5.74) is 1.15. The fourth-order valence-corrected chi connectivity index (χ4v) is 3.40. The molecule has 0 spiro atoms. The van der Waals surface area contributed by atoms with Gasteiger partial charge in [0, 0.05) is 10.7 Å². The number of benzene rings is 1. The zero-order valence-corrected chi connectivity index (χ0v) is 16.1. The van der Waals surface area contributed by atoms with Gasteiger partial charge in [0.15, 0.2) is 6.09 Å². The number of halogens is 1. The predicted octanol–water partition coefficient (Wildman–Crippen LogP) is 3.22. The Morgan fingerprint density at radius 3 is 1.61 bits per heavy atom. The summed E-state index contributed by atoms with van der Waals surface area (Å²) in [5.74, 6) is 0. The molecule has 0 bridgehead atoms. The first-order chi connectivity index (χ1) is 10.1. The van der Waals surface area contributed by atoms with E-state index in [0.29, 0.717) is 11.1 Å². The maximum Gasteiger partial charge on any atom is 0.327 e. The standard InChI is InChI=1S/C16H24ClNO4S/c1-10-8-11(15(2,3)4)13(12(9-10)16(5,6)7)18(14(19)20)23(17,21)22/h8-9H,1-7H3,(H,19,20)/p-1. The molecule has 1 rings (SSSR count). The van der Waals surface area contributed by atoms with Crippen molar-refractivity contribution in [2.75, 3.05) is 4.31 Å². The van der Waals surface area contributed by atoms with E-state index in [1.807, 2.05) is 48.5 Å². The molecular weight excluding hydrogens is 338 g/mol. The van der Waals surface area contributed by atoms with E-state index in [1.165, 1.54) is 0 Å². The first-order valence-corrected chi connectivity index (χ1v) is 9.45. The Kier molecular flexibility index (Phi) is 5.14. The normalized spacial score (nSPS) is 13.0. The molecule has 0 saturated heterocycles. The molecule has 0 aliphatic carbocycles. The van der Waals surface area contributed by atoms with E-state index < -0.39 is 26.2 Å². The van der Waals surface area contributed by atoms with E-state index >= 15 is 0 Å². The summed E-state index contributed by atoms with van der Waals surface area (Å²) in [6.45, 7) is 13.2. The number of carboxylic acid groups (broad SMARTS) is 1. The van der Waals surface area contributed by atoms with Crippen molar-refractivity contribution in [2.24, 2.45) is 0 Å². The number of carbonyl (C=O) groups is 1. The van der Waals surface area contributed by atoms with Crippen molar-refractivity contribution in [1.82, 2.24) is 0 Å². The molecule has 0 N–H and O–H groups in total. The Balaban J connectivity index is 4.04. The lowest BCUT2D eigenvalue weighted by molar-refractivity contribution is -0.244. The summed E-state index contributed by atoms with van der Waals surface area (Å²) in [5, 5.41) is 11.5. The SMILES string of the molecule is Cc1cc(C(C)(C)C)c(N(C(=O)[O-])S(=O)(=O)Cl)c(C(C)(C)C)c1. The van der Waals surface area contributed by atoms with Gasteiger partial charge in [-0.05, 0) is 28.9 Å². The van der Waals surface area contributed by atoms with Gasteiger partial charge in [-0.3, -0.25) is 0 Å². The van der Waals surface area contributed by atoms with Gasteiger partial charge in [-0.25, -0.2) is 4.31 Å². The van der Waals surface area contributed by atoms with Gasteiger partial charge in [0.1, 0.15) is 0 Å². The second kappa shape index (κ2) is 5.98. The summed E-state index contributed by atoms with van der Waals surface area (Å²) >= 11 is 0. The van der Waals surface area contributed by atoms with Crippen LogP contribution in [0.2, 0.25) is 0 Å². The van der Waals surface area contributed by atoms with Gasteiger partial charge >= 0.3 is 9.24 Å². The molecule has 7 heteroatoms. The zero-order chi connectivity index (χ0) is 18.4. The molecule has 0 saturated carbocycles. The fraction of sp³-hybridized carbons (Fsp3) is 0.562. The topological polar surface area (TPSA) is 77.5 Å². The van der Waals surface area contributed by atoms with E-state index in [2.05, 4.69) is 0 Å². The summed E-state index contributed by atoms with van der Waals surface area (Å²) in [7, 11) is 0.838. The van der Waals surface area contributed by atoms with Gasteiger partial charge < -0.3 is 9.90 Å². The molecule has 0 aromatic heterocycles. The third-order valence-electron chi connectivity index (χ3n) is 3.46. The highest BCUT2D eigenvalue weighted by atomic mass is 35.7. The third kappa shape index (κ3) is 4.38. The van der Waals surface area contributed by atoms with Crippen molar-refractivity contribution in [2.45, 2.75) is 59.3 Å². The molecule has 0 aliphatic heterocycles. The minimum atomic E-state index is -4.55. The monoisotopic (exact) mass is 360 g/mol. The molecule has 0 aliphatic rings. The van der Waals surface area contributed by atoms with Crippen LogP contribution in [0.1, 0.15) is 58.2 Å². The maximum atomic E-state index is 11.9. The van der Waals surface area contributed by atoms with Crippen molar-refractivity contribution in [3.8, 4) is 0 Å². The van der Waals surface area contributed by atoms with Crippen LogP contribution in [0.5, 0.6) is 0 Å². The number of rotatable bonds is 2. The number of aryl methyl sites for hydroxylation is 1. The molecular formula is C16H23ClNO4S-. The fourth-order valence-electron chi connectivity index (χ4n) is 2.43. The van der Waals surface area contributed by atoms with Crippen LogP contribution in [0.4, 0.5) is 10.5 Å². The number of nitrogens with zero attached hydrogens (tertiary/aromatic N) is 1. The van der Waals surface area contributed by atoms with Gasteiger partial charge in [0.2, 0.25) is 0 Å². The lowest BCUT2D eigenvalue weighted by atomic mass is 9.77. The minimum Gasteiger partial charge on any atom is -0.529 e. The molecule has 0 heterocycles. The number of amides is 1. The van der Waals surface area contributed by atoms with E-state index in [-0.39, 0.29) is 9.99 Å². The zero-order valence-electron chi connectivity index (χ0n) is 14.5. The summed E-state index contributed by atoms with van der Waals surface area (Å²) in [6, 6.07) is 3.56. The molecule has 0 atom stereocenters. The van der Waals surface area contributed by atoms with Crippen LogP contribution in [0.25, 0.3) is 0 Å². The van der Waals surface area contributed by atoms with Crippen molar-refractivity contribution >= 4 is 31.7 Å². The van der Waals surface area contributed by atoms with Crippen LogP contribution in [-0.2, 0) is 20.1 Å². The van der Waals surface area contributed by atoms with Crippen LogP contribution in [0.3, 0.4) is 0 Å². The van der Waals surface area contributed by atoms with Gasteiger partial charge in [-0.1, -0.05) is 59.2 Å². The molecule has 5 nitrogen and oxygen atoms in total. The maximum absolute atomic E-state index is 11.9. The van der Waals surface area contributed by atoms with Crippen LogP contribution in [0.15, 0.2) is 12.1 Å². The van der Waals surface area contributed by atoms with Crippen LogP contribution < -0.4 is 9.41 Å². The third-order valence-corrected chi connectivity index (χ3v) is 4.64. The van der Waals surface area contributed by atoms with Crippen molar-refractivity contribution in [3.05, 3.63) is 28.8 Å². The Morgan fingerprint density at radius 1 is 1.04 bits per heavy atom. The van der Waals surface area contributed by atoms with E-state index in [4.69, 9.17) is 10.7 Å². The molecule has 130 valence electrons. The van der Waals surface area contributed by atoms with Gasteiger partial charge in [0.05, 0.1) is 5.69 Å². The molecule has 0 unspecified atom stereocenters. The average molecular weight is 361 g/mol. The number of anilines is 1. The molecule has 0 radical (unpaired) electrons. The van der Waals surface area contributed by atoms with E-state index in [9.17, 15) is 18.3 Å². The molecule has 1 amide bonds. The number of hydrogen-bond acceptors (Lipinski definition) is 4. The summed E-state index contributed by atoms with van der Waals surface area (Å²) < 4.78 is 23.9. The predicted molar refractivity (Wildman–Crippen MR) is 91.2 cm³/mol. The second-order valence-electron chi connectivity index (χ2n) is 7.68. The molecule has 0 fully saturated rings. The molecule has 23 heavy (non-hydrogen) atoms. The first-order valence-electron chi connectivity index (χ1n) is 7.18. The highest BCUT2D eigenvalue weighted by Crippen LogP contribution is 2.42. The van der Waals surface area contributed by atoms with Gasteiger partial charge in [-0.2, -0.15) is 8.42 Å². The second-order valence-corrected chi connectivity index (χ2v) is 10.0. The highest BCUT2D eigenvalue weighted by Gasteiger charge is 2.34. The lowest BCUT2D eigenvalue weighted by Gasteiger charge is -2.35. The first kappa shape index (κ1) is 19.8. The quantitative estimate of drug-likeness (QED) is 0.758. The van der Waals surface area contributed by atoms with Crippen molar-refractivity contribution in [1.29, 1.82) is 0 Å². The largest absolute Gasteiger partial charge is 0.529 e. The Morgan fingerprint density at radius 2 is 1.39 bits per heavy atom. The van der Waals surface area contributed by atoms with E-state index in [0.717, 1.165) is 5.56 Å². The number of hydrogen-bond donors (Lipinski definition) is 0. The van der Waals surface area contributed by atoms with Gasteiger partial charge in [-0.15, -0.1) is 0 Å². The Bertz CT molecular complexity index is 692.